The van der Waals surface area contributed by atoms with Gasteiger partial charge in [0, 0.05) is 13.2 Å². The molecule has 0 aliphatic carbocycles. The summed E-state index contributed by atoms with van der Waals surface area (Å²) in [7, 11) is 0. The van der Waals surface area contributed by atoms with Crippen LogP contribution in [-0.4, -0.2) is 24.7 Å². The quantitative estimate of drug-likeness (QED) is 0.847. The Morgan fingerprint density at radius 3 is 2.69 bits per heavy atom. The standard InChI is InChI=1S/C12H20N2O2/c1-9-10(2)16-12(14-9)8-13-7-11-3-5-15-6-4-11/h11,13H,3-8H2,1-2H3. The first-order valence-corrected chi connectivity index (χ1v) is 5.97. The molecular formula is C12H20N2O2. The molecule has 0 spiro atoms. The average molecular weight is 224 g/mol. The van der Waals surface area contributed by atoms with Gasteiger partial charge in [-0.3, -0.25) is 0 Å². The van der Waals surface area contributed by atoms with E-state index in [4.69, 9.17) is 9.15 Å². The van der Waals surface area contributed by atoms with Gasteiger partial charge in [0.25, 0.3) is 0 Å². The maximum Gasteiger partial charge on any atom is 0.208 e. The molecule has 1 aromatic rings. The van der Waals surface area contributed by atoms with Crippen LogP contribution in [0, 0.1) is 19.8 Å². The molecule has 2 heterocycles. The first kappa shape index (κ1) is 11.6. The highest BCUT2D eigenvalue weighted by atomic mass is 16.5. The average Bonchev–Trinajstić information content (AvgIpc) is 2.60. The van der Waals surface area contributed by atoms with Crippen molar-refractivity contribution in [2.24, 2.45) is 5.92 Å². The van der Waals surface area contributed by atoms with E-state index in [2.05, 4.69) is 10.3 Å². The minimum Gasteiger partial charge on any atom is -0.444 e. The molecular weight excluding hydrogens is 204 g/mol. The molecule has 2 rings (SSSR count). The maximum atomic E-state index is 5.51. The summed E-state index contributed by atoms with van der Waals surface area (Å²) in [6, 6.07) is 0. The number of nitrogens with zero attached hydrogens (tertiary/aromatic N) is 1. The van der Waals surface area contributed by atoms with Crippen molar-refractivity contribution in [2.75, 3.05) is 19.8 Å². The number of rotatable bonds is 4. The number of aryl methyl sites for hydroxylation is 2. The predicted molar refractivity (Wildman–Crippen MR) is 61.2 cm³/mol. The van der Waals surface area contributed by atoms with E-state index in [0.717, 1.165) is 62.4 Å². The van der Waals surface area contributed by atoms with Crippen molar-refractivity contribution < 1.29 is 9.15 Å². The monoisotopic (exact) mass is 224 g/mol. The second kappa shape index (κ2) is 5.46. The minimum absolute atomic E-state index is 0.728. The first-order chi connectivity index (χ1) is 7.75. The van der Waals surface area contributed by atoms with Gasteiger partial charge in [-0.05, 0) is 39.2 Å². The zero-order chi connectivity index (χ0) is 11.4. The van der Waals surface area contributed by atoms with Crippen molar-refractivity contribution in [2.45, 2.75) is 33.2 Å². The summed E-state index contributed by atoms with van der Waals surface area (Å²) in [6.45, 7) is 7.49. The van der Waals surface area contributed by atoms with Crippen molar-refractivity contribution in [3.05, 3.63) is 17.3 Å². The molecule has 0 aromatic carbocycles. The van der Waals surface area contributed by atoms with Gasteiger partial charge >= 0.3 is 0 Å². The Hall–Kier alpha value is -0.870. The molecule has 1 aliphatic heterocycles. The van der Waals surface area contributed by atoms with Gasteiger partial charge in [-0.15, -0.1) is 0 Å². The Balaban J connectivity index is 1.71. The van der Waals surface area contributed by atoms with Gasteiger partial charge in [-0.25, -0.2) is 4.98 Å². The van der Waals surface area contributed by atoms with Crippen LogP contribution in [0.4, 0.5) is 0 Å². The van der Waals surface area contributed by atoms with Crippen LogP contribution in [0.25, 0.3) is 0 Å². The highest BCUT2D eigenvalue weighted by molar-refractivity contribution is 5.05. The fourth-order valence-electron chi connectivity index (χ4n) is 1.95. The molecule has 1 fully saturated rings. The molecule has 0 bridgehead atoms. The van der Waals surface area contributed by atoms with E-state index in [1.807, 2.05) is 13.8 Å². The van der Waals surface area contributed by atoms with Crippen molar-refractivity contribution in [1.82, 2.24) is 10.3 Å². The van der Waals surface area contributed by atoms with Gasteiger partial charge in [0.1, 0.15) is 5.76 Å². The van der Waals surface area contributed by atoms with Gasteiger partial charge in [-0.2, -0.15) is 0 Å². The van der Waals surface area contributed by atoms with E-state index in [1.165, 1.54) is 0 Å². The fourth-order valence-corrected chi connectivity index (χ4v) is 1.95. The molecule has 4 nitrogen and oxygen atoms in total. The predicted octanol–water partition coefficient (Wildman–Crippen LogP) is 1.81. The van der Waals surface area contributed by atoms with Crippen molar-refractivity contribution >= 4 is 0 Å². The summed E-state index contributed by atoms with van der Waals surface area (Å²) in [4.78, 5) is 4.34. The smallest absolute Gasteiger partial charge is 0.208 e. The molecule has 0 atom stereocenters. The SMILES string of the molecule is Cc1nc(CNCC2CCOCC2)oc1C. The number of hydrogen-bond donors (Lipinski definition) is 1. The Morgan fingerprint density at radius 1 is 1.31 bits per heavy atom. The highest BCUT2D eigenvalue weighted by Crippen LogP contribution is 2.13. The number of ether oxygens (including phenoxy) is 1. The molecule has 4 heteroatoms. The topological polar surface area (TPSA) is 47.3 Å². The molecule has 1 saturated heterocycles. The van der Waals surface area contributed by atoms with Crippen LogP contribution >= 0.6 is 0 Å². The van der Waals surface area contributed by atoms with Gasteiger partial charge in [0.15, 0.2) is 0 Å². The second-order valence-corrected chi connectivity index (χ2v) is 4.44. The van der Waals surface area contributed by atoms with Crippen LogP contribution in [0.15, 0.2) is 4.42 Å². The van der Waals surface area contributed by atoms with E-state index in [9.17, 15) is 0 Å². The van der Waals surface area contributed by atoms with Crippen LogP contribution < -0.4 is 5.32 Å². The van der Waals surface area contributed by atoms with E-state index in [-0.39, 0.29) is 0 Å². The lowest BCUT2D eigenvalue weighted by Gasteiger charge is -2.21. The minimum atomic E-state index is 0.728. The third-order valence-corrected chi connectivity index (χ3v) is 3.12. The summed E-state index contributed by atoms with van der Waals surface area (Å²) in [5, 5.41) is 3.40. The summed E-state index contributed by atoms with van der Waals surface area (Å²) in [6.07, 6.45) is 2.33. The Morgan fingerprint density at radius 2 is 2.06 bits per heavy atom. The normalized spacial score (nSPS) is 17.9. The largest absolute Gasteiger partial charge is 0.444 e. The van der Waals surface area contributed by atoms with Crippen LogP contribution in [0.1, 0.15) is 30.2 Å². The van der Waals surface area contributed by atoms with E-state index >= 15 is 0 Å². The number of oxazole rings is 1. The second-order valence-electron chi connectivity index (χ2n) is 4.44. The lowest BCUT2D eigenvalue weighted by Crippen LogP contribution is -2.27. The lowest BCUT2D eigenvalue weighted by molar-refractivity contribution is 0.0661. The zero-order valence-corrected chi connectivity index (χ0v) is 10.1. The third kappa shape index (κ3) is 3.06. The van der Waals surface area contributed by atoms with Crippen LogP contribution in [0.2, 0.25) is 0 Å². The van der Waals surface area contributed by atoms with Crippen molar-refractivity contribution in [3.8, 4) is 0 Å². The van der Waals surface area contributed by atoms with Gasteiger partial charge in [0.2, 0.25) is 5.89 Å². The van der Waals surface area contributed by atoms with Crippen molar-refractivity contribution in [1.29, 1.82) is 0 Å². The van der Waals surface area contributed by atoms with Gasteiger partial charge in [-0.1, -0.05) is 0 Å². The number of hydrogen-bond acceptors (Lipinski definition) is 4. The third-order valence-electron chi connectivity index (χ3n) is 3.12. The Kier molecular flexibility index (Phi) is 3.96. The van der Waals surface area contributed by atoms with E-state index < -0.39 is 0 Å². The summed E-state index contributed by atoms with van der Waals surface area (Å²) < 4.78 is 10.8. The fraction of sp³-hybridized carbons (Fsp3) is 0.750. The van der Waals surface area contributed by atoms with Gasteiger partial charge in [0.05, 0.1) is 12.2 Å². The molecule has 90 valence electrons. The van der Waals surface area contributed by atoms with Crippen molar-refractivity contribution in [3.63, 3.8) is 0 Å². The molecule has 0 saturated carbocycles. The molecule has 0 amide bonds. The summed E-state index contributed by atoms with van der Waals surface area (Å²) in [5.41, 5.74) is 0.989. The van der Waals surface area contributed by atoms with Gasteiger partial charge < -0.3 is 14.5 Å². The lowest BCUT2D eigenvalue weighted by atomic mass is 10.0. The zero-order valence-electron chi connectivity index (χ0n) is 10.1. The van der Waals surface area contributed by atoms with Crippen LogP contribution in [0.3, 0.4) is 0 Å². The van der Waals surface area contributed by atoms with E-state index in [0.29, 0.717) is 0 Å². The van der Waals surface area contributed by atoms with Crippen LogP contribution in [-0.2, 0) is 11.3 Å². The Bertz CT molecular complexity index is 310. The van der Waals surface area contributed by atoms with E-state index in [1.54, 1.807) is 0 Å². The molecule has 1 N–H and O–H groups in total. The van der Waals surface area contributed by atoms with Crippen LogP contribution in [0.5, 0.6) is 0 Å². The highest BCUT2D eigenvalue weighted by Gasteiger charge is 2.13. The summed E-state index contributed by atoms with van der Waals surface area (Å²) >= 11 is 0. The Labute approximate surface area is 96.4 Å². The molecule has 0 unspecified atom stereocenters. The first-order valence-electron chi connectivity index (χ1n) is 5.97. The number of nitrogens with one attached hydrogen (secondary N) is 1. The number of aromatic nitrogens is 1. The maximum absolute atomic E-state index is 5.51. The molecule has 1 aromatic heterocycles. The molecule has 1 aliphatic rings. The summed E-state index contributed by atoms with van der Waals surface area (Å²) in [5.74, 6) is 2.45. The molecule has 16 heavy (non-hydrogen) atoms. The molecule has 0 radical (unpaired) electrons.